The molecule has 4 heteroatoms. The van der Waals surface area contributed by atoms with Gasteiger partial charge in [-0.1, -0.05) is 54.4 Å². The van der Waals surface area contributed by atoms with Crippen molar-refractivity contribution in [3.63, 3.8) is 0 Å². The third-order valence-corrected chi connectivity index (χ3v) is 5.87. The first-order valence-corrected chi connectivity index (χ1v) is 10.2. The molecule has 146 valence electrons. The lowest BCUT2D eigenvalue weighted by atomic mass is 9.68. The number of nitrogens with zero attached hydrogens (tertiary/aromatic N) is 2. The lowest BCUT2D eigenvalue weighted by Crippen LogP contribution is -2.37. The minimum absolute atomic E-state index is 0.0154. The summed E-state index contributed by atoms with van der Waals surface area (Å²) in [6, 6.07) is 13.5. The van der Waals surface area contributed by atoms with Gasteiger partial charge in [-0.15, -0.1) is 10.2 Å². The van der Waals surface area contributed by atoms with Crippen LogP contribution in [0.1, 0.15) is 65.4 Å². The summed E-state index contributed by atoms with van der Waals surface area (Å²) in [6.07, 6.45) is 3.46. The summed E-state index contributed by atoms with van der Waals surface area (Å²) in [5, 5.41) is 8.86. The molecule has 1 heterocycles. The molecule has 1 atom stereocenters. The van der Waals surface area contributed by atoms with Crippen molar-refractivity contribution in [1.29, 1.82) is 0 Å². The second-order valence-electron chi connectivity index (χ2n) is 8.26. The van der Waals surface area contributed by atoms with Crippen LogP contribution in [-0.2, 0) is 24.7 Å². The van der Waals surface area contributed by atoms with E-state index in [2.05, 4.69) is 67.4 Å². The van der Waals surface area contributed by atoms with Gasteiger partial charge < -0.3 is 10.2 Å². The normalized spacial score (nSPS) is 16.2. The highest BCUT2D eigenvalue weighted by Crippen LogP contribution is 2.47. The number of aromatic nitrogens is 2. The molecule has 0 saturated heterocycles. The second-order valence-corrected chi connectivity index (χ2v) is 8.26. The topological polar surface area (TPSA) is 64.9 Å². The maximum Gasteiger partial charge on any atom is 0.231 e. The van der Waals surface area contributed by atoms with Crippen LogP contribution < -0.4 is 5.73 Å². The summed E-state index contributed by atoms with van der Waals surface area (Å²) in [6.45, 7) is 8.40. The number of nitrogens with two attached hydrogens (primary N) is 1. The van der Waals surface area contributed by atoms with Crippen molar-refractivity contribution in [1.82, 2.24) is 10.2 Å². The van der Waals surface area contributed by atoms with Crippen molar-refractivity contribution in [3.05, 3.63) is 81.6 Å². The molecule has 4 rings (SSSR count). The van der Waals surface area contributed by atoms with E-state index < -0.39 is 5.41 Å². The van der Waals surface area contributed by atoms with Crippen LogP contribution in [0.4, 0.5) is 0 Å². The Bertz CT molecular complexity index is 949. The molecule has 0 saturated carbocycles. The van der Waals surface area contributed by atoms with Crippen LogP contribution in [0.2, 0.25) is 0 Å². The zero-order chi connectivity index (χ0) is 19.9. The van der Waals surface area contributed by atoms with E-state index in [-0.39, 0.29) is 6.04 Å². The second kappa shape index (κ2) is 7.17. The van der Waals surface area contributed by atoms with E-state index in [1.165, 1.54) is 33.4 Å². The Morgan fingerprint density at radius 1 is 1.00 bits per heavy atom. The number of aryl methyl sites for hydroxylation is 5. The van der Waals surface area contributed by atoms with Crippen LogP contribution in [0, 0.1) is 13.8 Å². The van der Waals surface area contributed by atoms with Crippen molar-refractivity contribution >= 4 is 0 Å². The van der Waals surface area contributed by atoms with Gasteiger partial charge in [-0.05, 0) is 62.3 Å². The molecule has 0 spiro atoms. The molecule has 1 aliphatic rings. The average molecular weight is 376 g/mol. The fourth-order valence-corrected chi connectivity index (χ4v) is 4.70. The zero-order valence-corrected chi connectivity index (χ0v) is 17.2. The third-order valence-electron chi connectivity index (χ3n) is 5.87. The van der Waals surface area contributed by atoms with E-state index in [9.17, 15) is 0 Å². The highest BCUT2D eigenvalue weighted by atomic mass is 16.4. The number of fused-ring (bicyclic) bond motifs is 2. The first kappa shape index (κ1) is 18.9. The van der Waals surface area contributed by atoms with Crippen molar-refractivity contribution in [2.45, 2.75) is 64.8 Å². The Morgan fingerprint density at radius 3 is 2.04 bits per heavy atom. The van der Waals surface area contributed by atoms with E-state index in [1.54, 1.807) is 0 Å². The first-order valence-electron chi connectivity index (χ1n) is 10.2. The van der Waals surface area contributed by atoms with Crippen LogP contribution in [0.15, 0.2) is 40.8 Å². The highest BCUT2D eigenvalue weighted by molar-refractivity contribution is 5.55. The summed E-state index contributed by atoms with van der Waals surface area (Å²) >= 11 is 0. The van der Waals surface area contributed by atoms with Crippen LogP contribution in [0.25, 0.3) is 0 Å². The Balaban J connectivity index is 2.09. The minimum Gasteiger partial charge on any atom is -0.424 e. The lowest BCUT2D eigenvalue weighted by molar-refractivity contribution is 0.361. The fraction of sp³-hybridized carbons (Fsp3) is 0.417. The Labute approximate surface area is 167 Å². The fourth-order valence-electron chi connectivity index (χ4n) is 4.70. The summed E-state index contributed by atoms with van der Waals surface area (Å²) in [5.41, 5.74) is 13.7. The maximum atomic E-state index is 6.42. The molecule has 2 N–H and O–H groups in total. The first-order chi connectivity index (χ1) is 13.4. The highest BCUT2D eigenvalue weighted by Gasteiger charge is 2.45. The molecule has 1 unspecified atom stereocenters. The summed E-state index contributed by atoms with van der Waals surface area (Å²) in [7, 11) is 0. The summed E-state index contributed by atoms with van der Waals surface area (Å²) < 4.78 is 6.23. The average Bonchev–Trinajstić information content (AvgIpc) is 3.10. The van der Waals surface area contributed by atoms with Gasteiger partial charge in [0.15, 0.2) is 0 Å². The van der Waals surface area contributed by atoms with Crippen LogP contribution in [-0.4, -0.2) is 16.2 Å². The van der Waals surface area contributed by atoms with E-state index in [0.29, 0.717) is 11.8 Å². The van der Waals surface area contributed by atoms with Crippen molar-refractivity contribution in [2.24, 2.45) is 5.73 Å². The molecule has 0 radical (unpaired) electrons. The number of hydrogen-bond donors (Lipinski definition) is 1. The van der Waals surface area contributed by atoms with Gasteiger partial charge in [0.05, 0.1) is 0 Å². The summed E-state index contributed by atoms with van der Waals surface area (Å²) in [5.74, 6) is 1.34. The van der Waals surface area contributed by atoms with E-state index in [0.717, 1.165) is 25.7 Å². The molecule has 2 aromatic carbocycles. The van der Waals surface area contributed by atoms with Gasteiger partial charge in [-0.25, -0.2) is 0 Å². The van der Waals surface area contributed by atoms with Gasteiger partial charge in [0, 0.05) is 12.5 Å². The molecule has 1 aliphatic carbocycles. The Hall–Kier alpha value is -2.46. The molecule has 0 aliphatic heterocycles. The summed E-state index contributed by atoms with van der Waals surface area (Å²) in [4.78, 5) is 0. The van der Waals surface area contributed by atoms with Gasteiger partial charge >= 0.3 is 0 Å². The lowest BCUT2D eigenvalue weighted by Gasteiger charge is -2.35. The van der Waals surface area contributed by atoms with Crippen LogP contribution >= 0.6 is 0 Å². The van der Waals surface area contributed by atoms with E-state index >= 15 is 0 Å². The Kier molecular flexibility index (Phi) is 4.84. The van der Waals surface area contributed by atoms with E-state index in [4.69, 9.17) is 10.2 Å². The molecule has 0 fully saturated rings. The molecular formula is C24H29N3O. The van der Waals surface area contributed by atoms with Gasteiger partial charge in [-0.3, -0.25) is 0 Å². The molecule has 0 amide bonds. The van der Waals surface area contributed by atoms with E-state index in [1.807, 2.05) is 6.92 Å². The molecule has 28 heavy (non-hydrogen) atoms. The molecular weight excluding hydrogens is 346 g/mol. The molecule has 4 nitrogen and oxygen atoms in total. The van der Waals surface area contributed by atoms with Gasteiger partial charge in [0.25, 0.3) is 0 Å². The van der Waals surface area contributed by atoms with Crippen molar-refractivity contribution in [2.75, 3.05) is 0 Å². The molecule has 0 bridgehead atoms. The predicted molar refractivity (Wildman–Crippen MR) is 112 cm³/mol. The smallest absolute Gasteiger partial charge is 0.231 e. The predicted octanol–water partition coefficient (Wildman–Crippen LogP) is 4.42. The standard InChI is InChI=1S/C24H29N3O/c1-5-22-26-27-23(28-22)24(14-17(4)25)20-10-6-15(2)12-18(20)8-9-19-13-16(3)7-11-21(19)24/h6-7,10-13,17H,5,8-9,14,25H2,1-4H3. The van der Waals surface area contributed by atoms with Crippen LogP contribution in [0.5, 0.6) is 0 Å². The Morgan fingerprint density at radius 2 is 1.57 bits per heavy atom. The van der Waals surface area contributed by atoms with Crippen molar-refractivity contribution < 1.29 is 4.42 Å². The third kappa shape index (κ3) is 3.06. The van der Waals surface area contributed by atoms with Crippen LogP contribution in [0.3, 0.4) is 0 Å². The number of rotatable bonds is 4. The van der Waals surface area contributed by atoms with Gasteiger partial charge in [0.1, 0.15) is 5.41 Å². The maximum absolute atomic E-state index is 6.42. The zero-order valence-electron chi connectivity index (χ0n) is 17.2. The molecule has 3 aromatic rings. The number of benzene rings is 2. The minimum atomic E-state index is -0.517. The largest absolute Gasteiger partial charge is 0.424 e. The monoisotopic (exact) mass is 375 g/mol. The SMILES string of the molecule is CCc1nnc(C2(CC(C)N)c3ccc(C)cc3CCc3cc(C)ccc32)o1. The van der Waals surface area contributed by atoms with Gasteiger partial charge in [-0.2, -0.15) is 0 Å². The number of hydrogen-bond acceptors (Lipinski definition) is 4. The van der Waals surface area contributed by atoms with Gasteiger partial charge in [0.2, 0.25) is 11.8 Å². The quantitative estimate of drug-likeness (QED) is 0.733. The molecule has 1 aromatic heterocycles. The van der Waals surface area contributed by atoms with Crippen molar-refractivity contribution in [3.8, 4) is 0 Å².